The smallest absolute Gasteiger partial charge is 0.262 e. The number of hydrogen-bond donors (Lipinski definition) is 2. The minimum atomic E-state index is -0.181. The van der Waals surface area contributed by atoms with Gasteiger partial charge in [-0.05, 0) is 24.1 Å². The average Bonchev–Trinajstić information content (AvgIpc) is 2.49. The van der Waals surface area contributed by atoms with E-state index >= 15 is 0 Å². The van der Waals surface area contributed by atoms with E-state index in [0.717, 1.165) is 30.5 Å². The molecule has 2 rings (SSSR count). The lowest BCUT2D eigenvalue weighted by atomic mass is 10.1. The lowest BCUT2D eigenvalue weighted by Crippen LogP contribution is -2.30. The Kier molecular flexibility index (Phi) is 4.93. The van der Waals surface area contributed by atoms with Gasteiger partial charge < -0.3 is 10.3 Å². The predicted molar refractivity (Wildman–Crippen MR) is 86.7 cm³/mol. The van der Waals surface area contributed by atoms with E-state index in [1.807, 2.05) is 36.4 Å². The Morgan fingerprint density at radius 2 is 1.86 bits per heavy atom. The number of benzene rings is 1. The van der Waals surface area contributed by atoms with Gasteiger partial charge in [0.2, 0.25) is 0 Å². The monoisotopic (exact) mass is 283 g/mol. The number of rotatable bonds is 6. The van der Waals surface area contributed by atoms with Crippen molar-refractivity contribution < 1.29 is 0 Å². The second-order valence-electron chi connectivity index (χ2n) is 5.08. The van der Waals surface area contributed by atoms with Gasteiger partial charge in [0.05, 0.1) is 11.3 Å². The van der Waals surface area contributed by atoms with E-state index in [9.17, 15) is 4.79 Å². The van der Waals surface area contributed by atoms with E-state index in [1.165, 1.54) is 0 Å². The van der Waals surface area contributed by atoms with Gasteiger partial charge in [0.1, 0.15) is 5.84 Å². The van der Waals surface area contributed by atoms with Crippen LogP contribution in [0.1, 0.15) is 31.7 Å². The second-order valence-corrected chi connectivity index (χ2v) is 5.08. The molecule has 1 heterocycles. The molecule has 1 aromatic carbocycles. The number of hydrogen-bond acceptors (Lipinski definition) is 2. The van der Waals surface area contributed by atoms with Crippen LogP contribution in [-0.2, 0) is 6.54 Å². The van der Waals surface area contributed by atoms with Crippen molar-refractivity contribution in [1.82, 2.24) is 4.57 Å². The van der Waals surface area contributed by atoms with E-state index in [4.69, 9.17) is 11.1 Å². The fraction of sp³-hybridized carbons (Fsp3) is 0.294. The molecule has 0 atom stereocenters. The zero-order valence-electron chi connectivity index (χ0n) is 12.3. The van der Waals surface area contributed by atoms with Crippen LogP contribution in [0.3, 0.4) is 0 Å². The summed E-state index contributed by atoms with van der Waals surface area (Å²) in [6.07, 6.45) is 3.12. The van der Waals surface area contributed by atoms with Gasteiger partial charge in [0.15, 0.2) is 0 Å². The molecule has 110 valence electrons. The maximum Gasteiger partial charge on any atom is 0.262 e. The van der Waals surface area contributed by atoms with Gasteiger partial charge in [0, 0.05) is 6.54 Å². The van der Waals surface area contributed by atoms with Crippen molar-refractivity contribution in [3.63, 3.8) is 0 Å². The van der Waals surface area contributed by atoms with Crippen molar-refractivity contribution in [1.29, 1.82) is 5.41 Å². The second kappa shape index (κ2) is 6.88. The molecule has 0 unspecified atom stereocenters. The summed E-state index contributed by atoms with van der Waals surface area (Å²) in [4.78, 5) is 12.5. The van der Waals surface area contributed by atoms with Crippen LogP contribution in [0.2, 0.25) is 0 Å². The first-order valence-corrected chi connectivity index (χ1v) is 7.28. The Labute approximate surface area is 124 Å². The van der Waals surface area contributed by atoms with Gasteiger partial charge in [-0.15, -0.1) is 0 Å². The quantitative estimate of drug-likeness (QED) is 0.486. The molecule has 4 nitrogen and oxygen atoms in total. The topological polar surface area (TPSA) is 71.9 Å². The third-order valence-corrected chi connectivity index (χ3v) is 3.52. The molecule has 0 spiro atoms. The first kappa shape index (κ1) is 15.0. The normalized spacial score (nSPS) is 10.5. The SMILES string of the molecule is CCCCCn1c(-c2ccccc2)ccc(C(=N)N)c1=O. The fourth-order valence-electron chi connectivity index (χ4n) is 2.39. The predicted octanol–water partition coefficient (Wildman–Crippen LogP) is 2.99. The molecule has 0 bridgehead atoms. The van der Waals surface area contributed by atoms with Crippen LogP contribution in [0, 0.1) is 5.41 Å². The molecule has 0 radical (unpaired) electrons. The lowest BCUT2D eigenvalue weighted by Gasteiger charge is -2.14. The van der Waals surface area contributed by atoms with E-state index < -0.39 is 0 Å². The van der Waals surface area contributed by atoms with Crippen LogP contribution in [0.25, 0.3) is 11.3 Å². The zero-order chi connectivity index (χ0) is 15.2. The van der Waals surface area contributed by atoms with Crippen LogP contribution in [-0.4, -0.2) is 10.4 Å². The number of nitrogen functional groups attached to an aromatic ring is 1. The Morgan fingerprint density at radius 3 is 2.48 bits per heavy atom. The number of unbranched alkanes of at least 4 members (excludes halogenated alkanes) is 2. The highest BCUT2D eigenvalue weighted by atomic mass is 16.1. The first-order chi connectivity index (χ1) is 10.1. The molecule has 0 saturated carbocycles. The molecule has 0 aliphatic heterocycles. The Bertz CT molecular complexity index is 674. The highest BCUT2D eigenvalue weighted by Crippen LogP contribution is 2.18. The molecule has 3 N–H and O–H groups in total. The Morgan fingerprint density at radius 1 is 1.14 bits per heavy atom. The van der Waals surface area contributed by atoms with Gasteiger partial charge in [-0.3, -0.25) is 10.2 Å². The summed E-state index contributed by atoms with van der Waals surface area (Å²) in [5.41, 5.74) is 7.46. The van der Waals surface area contributed by atoms with Crippen molar-refractivity contribution in [2.24, 2.45) is 5.73 Å². The summed E-state index contributed by atoms with van der Waals surface area (Å²) >= 11 is 0. The largest absolute Gasteiger partial charge is 0.384 e. The van der Waals surface area contributed by atoms with Crippen LogP contribution >= 0.6 is 0 Å². The van der Waals surface area contributed by atoms with Crippen molar-refractivity contribution in [2.75, 3.05) is 0 Å². The Hall–Kier alpha value is -2.36. The van der Waals surface area contributed by atoms with Gasteiger partial charge in [-0.1, -0.05) is 50.1 Å². The molecule has 1 aromatic heterocycles. The number of nitrogens with two attached hydrogens (primary N) is 1. The molecule has 0 aliphatic carbocycles. The summed E-state index contributed by atoms with van der Waals surface area (Å²) in [7, 11) is 0. The standard InChI is InChI=1S/C17H21N3O/c1-2-3-7-12-20-15(13-8-5-4-6-9-13)11-10-14(16(18)19)17(20)21/h4-6,8-11H,2-3,7,12H2,1H3,(H3,18,19). The third-order valence-electron chi connectivity index (χ3n) is 3.52. The number of nitrogens with zero attached hydrogens (tertiary/aromatic N) is 1. The zero-order valence-corrected chi connectivity index (χ0v) is 12.3. The van der Waals surface area contributed by atoms with E-state index in [0.29, 0.717) is 6.54 Å². The minimum Gasteiger partial charge on any atom is -0.384 e. The third kappa shape index (κ3) is 3.40. The van der Waals surface area contributed by atoms with E-state index in [2.05, 4.69) is 6.92 Å². The molecule has 0 fully saturated rings. The molecule has 21 heavy (non-hydrogen) atoms. The minimum absolute atomic E-state index is 0.177. The molecule has 0 amide bonds. The first-order valence-electron chi connectivity index (χ1n) is 7.28. The summed E-state index contributed by atoms with van der Waals surface area (Å²) in [6.45, 7) is 2.78. The molecule has 2 aromatic rings. The lowest BCUT2D eigenvalue weighted by molar-refractivity contribution is 0.591. The van der Waals surface area contributed by atoms with E-state index in [1.54, 1.807) is 10.6 Å². The highest BCUT2D eigenvalue weighted by Gasteiger charge is 2.11. The van der Waals surface area contributed by atoms with Crippen LogP contribution in [0.15, 0.2) is 47.3 Å². The number of amidine groups is 1. The molecule has 0 aliphatic rings. The summed E-state index contributed by atoms with van der Waals surface area (Å²) < 4.78 is 1.74. The van der Waals surface area contributed by atoms with Crippen LogP contribution < -0.4 is 11.3 Å². The van der Waals surface area contributed by atoms with Gasteiger partial charge in [-0.25, -0.2) is 0 Å². The average molecular weight is 283 g/mol. The summed E-state index contributed by atoms with van der Waals surface area (Å²) in [6, 6.07) is 13.3. The number of nitrogens with one attached hydrogen (secondary N) is 1. The van der Waals surface area contributed by atoms with Crippen molar-refractivity contribution in [3.8, 4) is 11.3 Å². The van der Waals surface area contributed by atoms with Gasteiger partial charge in [0.25, 0.3) is 5.56 Å². The highest BCUT2D eigenvalue weighted by molar-refractivity contribution is 5.94. The van der Waals surface area contributed by atoms with Crippen LogP contribution in [0.4, 0.5) is 0 Å². The fourth-order valence-corrected chi connectivity index (χ4v) is 2.39. The van der Waals surface area contributed by atoms with Crippen molar-refractivity contribution in [3.05, 3.63) is 58.4 Å². The Balaban J connectivity index is 2.51. The number of aromatic nitrogens is 1. The molecular weight excluding hydrogens is 262 g/mol. The van der Waals surface area contributed by atoms with Crippen LogP contribution in [0.5, 0.6) is 0 Å². The molecular formula is C17H21N3O. The van der Waals surface area contributed by atoms with Crippen molar-refractivity contribution >= 4 is 5.84 Å². The van der Waals surface area contributed by atoms with Gasteiger partial charge in [-0.2, -0.15) is 0 Å². The van der Waals surface area contributed by atoms with Crippen molar-refractivity contribution in [2.45, 2.75) is 32.7 Å². The molecule has 4 heteroatoms. The van der Waals surface area contributed by atoms with E-state index in [-0.39, 0.29) is 17.0 Å². The summed E-state index contributed by atoms with van der Waals surface area (Å²) in [5.74, 6) is -0.177. The molecule has 0 saturated heterocycles. The maximum atomic E-state index is 12.5. The number of pyridine rings is 1. The van der Waals surface area contributed by atoms with Gasteiger partial charge >= 0.3 is 0 Å². The maximum absolute atomic E-state index is 12.5. The summed E-state index contributed by atoms with van der Waals surface area (Å²) in [5, 5.41) is 7.53.